The smallest absolute Gasteiger partial charge is 0.272 e. The van der Waals surface area contributed by atoms with Crippen molar-refractivity contribution in [1.29, 1.82) is 0 Å². The standard InChI is InChI=1S/C24H24N6/c1-5-29-21-12-7-6-11-19(21)22-23(29)25-24(27-26-22)30-17(4)20(16(3)28-30)14-18-10-8-9-15(2)13-18/h6-13H,5,14H2,1-4H3. The van der Waals surface area contributed by atoms with Crippen molar-refractivity contribution in [2.24, 2.45) is 0 Å². The first-order valence-corrected chi connectivity index (χ1v) is 10.3. The summed E-state index contributed by atoms with van der Waals surface area (Å²) in [5.41, 5.74) is 8.60. The van der Waals surface area contributed by atoms with E-state index in [1.165, 1.54) is 16.7 Å². The molecule has 3 heterocycles. The number of aryl methyl sites for hydroxylation is 3. The monoisotopic (exact) mass is 396 g/mol. The maximum Gasteiger partial charge on any atom is 0.272 e. The molecule has 0 spiro atoms. The van der Waals surface area contributed by atoms with E-state index in [-0.39, 0.29) is 0 Å². The Kier molecular flexibility index (Phi) is 4.35. The van der Waals surface area contributed by atoms with Crippen molar-refractivity contribution in [2.75, 3.05) is 0 Å². The minimum Gasteiger partial charge on any atom is -0.324 e. The van der Waals surface area contributed by atoms with Crippen molar-refractivity contribution < 1.29 is 0 Å². The number of hydrogen-bond acceptors (Lipinski definition) is 4. The molecule has 0 amide bonds. The van der Waals surface area contributed by atoms with Crippen molar-refractivity contribution in [3.63, 3.8) is 0 Å². The molecule has 0 bridgehead atoms. The predicted octanol–water partition coefficient (Wildman–Crippen LogP) is 4.70. The van der Waals surface area contributed by atoms with Crippen LogP contribution in [0.5, 0.6) is 0 Å². The van der Waals surface area contributed by atoms with Gasteiger partial charge in [0, 0.05) is 29.6 Å². The highest BCUT2D eigenvalue weighted by atomic mass is 15.4. The van der Waals surface area contributed by atoms with Crippen molar-refractivity contribution >= 4 is 22.1 Å². The molecule has 0 unspecified atom stereocenters. The van der Waals surface area contributed by atoms with E-state index in [9.17, 15) is 0 Å². The number of para-hydroxylation sites is 1. The van der Waals surface area contributed by atoms with E-state index in [0.29, 0.717) is 5.95 Å². The molecule has 0 saturated carbocycles. The number of rotatable bonds is 4. The van der Waals surface area contributed by atoms with Crippen LogP contribution in [0, 0.1) is 20.8 Å². The molecule has 6 nitrogen and oxygen atoms in total. The third kappa shape index (κ3) is 2.87. The Hall–Kier alpha value is -3.54. The fourth-order valence-electron chi connectivity index (χ4n) is 4.26. The summed E-state index contributed by atoms with van der Waals surface area (Å²) < 4.78 is 4.01. The van der Waals surface area contributed by atoms with Gasteiger partial charge >= 0.3 is 0 Å². The second-order valence-electron chi connectivity index (χ2n) is 7.77. The van der Waals surface area contributed by atoms with E-state index in [1.54, 1.807) is 0 Å². The van der Waals surface area contributed by atoms with Crippen molar-refractivity contribution in [3.05, 3.63) is 76.6 Å². The maximum atomic E-state index is 4.88. The fraction of sp³-hybridized carbons (Fsp3) is 0.250. The largest absolute Gasteiger partial charge is 0.324 e. The van der Waals surface area contributed by atoms with Gasteiger partial charge in [0.2, 0.25) is 0 Å². The van der Waals surface area contributed by atoms with Gasteiger partial charge in [0.05, 0.1) is 11.2 Å². The number of nitrogens with zero attached hydrogens (tertiary/aromatic N) is 6. The fourth-order valence-corrected chi connectivity index (χ4v) is 4.26. The maximum absolute atomic E-state index is 4.88. The number of fused-ring (bicyclic) bond motifs is 3. The summed E-state index contributed by atoms with van der Waals surface area (Å²) in [5, 5.41) is 14.8. The molecule has 0 aliphatic rings. The van der Waals surface area contributed by atoms with Gasteiger partial charge in [-0.15, -0.1) is 10.2 Å². The molecule has 5 aromatic rings. The van der Waals surface area contributed by atoms with Crippen LogP contribution in [0.1, 0.15) is 35.0 Å². The van der Waals surface area contributed by atoms with E-state index in [0.717, 1.165) is 46.4 Å². The lowest BCUT2D eigenvalue weighted by atomic mass is 10.0. The summed E-state index contributed by atoms with van der Waals surface area (Å²) in [6.45, 7) is 9.18. The van der Waals surface area contributed by atoms with E-state index in [2.05, 4.69) is 71.9 Å². The lowest BCUT2D eigenvalue weighted by molar-refractivity contribution is 0.743. The SMILES string of the molecule is CCn1c2ccccc2c2nnc(-n3nc(C)c(Cc4cccc(C)c4)c3C)nc21. The summed E-state index contributed by atoms with van der Waals surface area (Å²) in [5.74, 6) is 0.510. The average molecular weight is 396 g/mol. The molecule has 3 aromatic heterocycles. The van der Waals surface area contributed by atoms with E-state index >= 15 is 0 Å². The van der Waals surface area contributed by atoms with Gasteiger partial charge in [0.1, 0.15) is 5.52 Å². The van der Waals surface area contributed by atoms with Crippen molar-refractivity contribution in [2.45, 2.75) is 40.7 Å². The molecule has 0 aliphatic carbocycles. The third-order valence-electron chi connectivity index (χ3n) is 5.77. The van der Waals surface area contributed by atoms with Crippen LogP contribution in [0.3, 0.4) is 0 Å². The Morgan fingerprint density at radius 2 is 1.77 bits per heavy atom. The summed E-state index contributed by atoms with van der Waals surface area (Å²) >= 11 is 0. The van der Waals surface area contributed by atoms with Crippen LogP contribution >= 0.6 is 0 Å². The van der Waals surface area contributed by atoms with E-state index in [1.807, 2.05) is 23.7 Å². The molecule has 5 rings (SSSR count). The lowest BCUT2D eigenvalue weighted by Gasteiger charge is -2.06. The van der Waals surface area contributed by atoms with Crippen molar-refractivity contribution in [1.82, 2.24) is 29.5 Å². The molecule has 0 radical (unpaired) electrons. The van der Waals surface area contributed by atoms with Crippen LogP contribution in [0.25, 0.3) is 28.0 Å². The van der Waals surface area contributed by atoms with Gasteiger partial charge in [-0.1, -0.05) is 48.0 Å². The normalized spacial score (nSPS) is 11.6. The van der Waals surface area contributed by atoms with Crippen molar-refractivity contribution in [3.8, 4) is 5.95 Å². The van der Waals surface area contributed by atoms with Gasteiger partial charge in [-0.2, -0.15) is 10.1 Å². The lowest BCUT2D eigenvalue weighted by Crippen LogP contribution is -2.08. The van der Waals surface area contributed by atoms with Gasteiger partial charge in [-0.05, 0) is 39.3 Å². The first kappa shape index (κ1) is 18.5. The first-order chi connectivity index (χ1) is 14.6. The van der Waals surface area contributed by atoms with Crippen LogP contribution in [0.2, 0.25) is 0 Å². The summed E-state index contributed by atoms with van der Waals surface area (Å²) in [7, 11) is 0. The van der Waals surface area contributed by atoms with Crippen LogP contribution in [-0.4, -0.2) is 29.5 Å². The molecule has 0 N–H and O–H groups in total. The zero-order chi connectivity index (χ0) is 20.8. The summed E-state index contributed by atoms with van der Waals surface area (Å²) in [4.78, 5) is 4.88. The van der Waals surface area contributed by atoms with Gasteiger partial charge in [0.15, 0.2) is 5.65 Å². The molecule has 0 fully saturated rings. The zero-order valence-corrected chi connectivity index (χ0v) is 17.7. The molecule has 0 atom stereocenters. The minimum atomic E-state index is 0.510. The van der Waals surface area contributed by atoms with Gasteiger partial charge in [-0.3, -0.25) is 0 Å². The molecule has 0 aliphatic heterocycles. The van der Waals surface area contributed by atoms with Crippen LogP contribution < -0.4 is 0 Å². The van der Waals surface area contributed by atoms with Gasteiger partial charge < -0.3 is 4.57 Å². The van der Waals surface area contributed by atoms with Crippen LogP contribution in [0.4, 0.5) is 0 Å². The van der Waals surface area contributed by atoms with Crippen LogP contribution in [0.15, 0.2) is 48.5 Å². The minimum absolute atomic E-state index is 0.510. The highest BCUT2D eigenvalue weighted by Crippen LogP contribution is 2.27. The number of aromatic nitrogens is 6. The summed E-state index contributed by atoms with van der Waals surface area (Å²) in [6, 6.07) is 16.8. The average Bonchev–Trinajstić information content (AvgIpc) is 3.22. The second kappa shape index (κ2) is 7.06. The Morgan fingerprint density at radius 3 is 2.57 bits per heavy atom. The predicted molar refractivity (Wildman–Crippen MR) is 119 cm³/mol. The Morgan fingerprint density at radius 1 is 0.933 bits per heavy atom. The number of benzene rings is 2. The molecular formula is C24H24N6. The Balaban J connectivity index is 1.63. The Bertz CT molecular complexity index is 1390. The molecule has 30 heavy (non-hydrogen) atoms. The first-order valence-electron chi connectivity index (χ1n) is 10.3. The molecule has 0 saturated heterocycles. The summed E-state index contributed by atoms with van der Waals surface area (Å²) in [6.07, 6.45) is 0.838. The Labute approximate surface area is 175 Å². The third-order valence-corrected chi connectivity index (χ3v) is 5.77. The van der Waals surface area contributed by atoms with Gasteiger partial charge in [-0.25, -0.2) is 4.68 Å². The topological polar surface area (TPSA) is 61.4 Å². The van der Waals surface area contributed by atoms with Gasteiger partial charge in [0.25, 0.3) is 5.95 Å². The molecule has 2 aromatic carbocycles. The quantitative estimate of drug-likeness (QED) is 0.442. The number of hydrogen-bond donors (Lipinski definition) is 0. The van der Waals surface area contributed by atoms with E-state index in [4.69, 9.17) is 10.1 Å². The zero-order valence-electron chi connectivity index (χ0n) is 17.7. The van der Waals surface area contributed by atoms with E-state index < -0.39 is 0 Å². The molecule has 150 valence electrons. The highest BCUT2D eigenvalue weighted by molar-refractivity contribution is 6.04. The second-order valence-corrected chi connectivity index (χ2v) is 7.77. The molecule has 6 heteroatoms. The van der Waals surface area contributed by atoms with Crippen LogP contribution in [-0.2, 0) is 13.0 Å². The molecular weight excluding hydrogens is 372 g/mol. The highest BCUT2D eigenvalue weighted by Gasteiger charge is 2.18.